The Morgan fingerprint density at radius 2 is 2.40 bits per heavy atom. The average molecular weight is 281 g/mol. The van der Waals surface area contributed by atoms with E-state index in [1.54, 1.807) is 12.1 Å². The third-order valence-electron chi connectivity index (χ3n) is 3.37. The van der Waals surface area contributed by atoms with E-state index in [0.29, 0.717) is 37.6 Å². The quantitative estimate of drug-likeness (QED) is 0.849. The third kappa shape index (κ3) is 3.08. The second-order valence-electron chi connectivity index (χ2n) is 4.66. The van der Waals surface area contributed by atoms with Crippen LogP contribution in [0.2, 0.25) is 0 Å². The fraction of sp³-hybridized carbons (Fsp3) is 0.500. The zero-order valence-corrected chi connectivity index (χ0v) is 11.6. The van der Waals surface area contributed by atoms with Crippen molar-refractivity contribution in [1.82, 2.24) is 5.32 Å². The topological polar surface area (TPSA) is 67.6 Å². The number of nitrogens with zero attached hydrogens (tertiary/aromatic N) is 1. The lowest BCUT2D eigenvalue weighted by Gasteiger charge is -2.36. The molecule has 1 aliphatic rings. The Morgan fingerprint density at radius 3 is 3.05 bits per heavy atom. The summed E-state index contributed by atoms with van der Waals surface area (Å²) in [6.07, 6.45) is 0. The largest absolute Gasteiger partial charge is 0.377 e. The second-order valence-corrected chi connectivity index (χ2v) is 4.66. The van der Waals surface area contributed by atoms with Crippen LogP contribution >= 0.6 is 0 Å². The Bertz CT molecular complexity index is 481. The summed E-state index contributed by atoms with van der Waals surface area (Å²) >= 11 is 0. The summed E-state index contributed by atoms with van der Waals surface area (Å²) in [5.74, 6) is -0.443. The SMILES string of the molecule is CCNC(=O)C1COCCN1c1ccc(CN)c(F)c1. The van der Waals surface area contributed by atoms with Gasteiger partial charge in [0.2, 0.25) is 5.91 Å². The van der Waals surface area contributed by atoms with Crippen LogP contribution in [-0.4, -0.2) is 38.3 Å². The lowest BCUT2D eigenvalue weighted by molar-refractivity contribution is -0.124. The highest BCUT2D eigenvalue weighted by atomic mass is 19.1. The van der Waals surface area contributed by atoms with E-state index in [0.717, 1.165) is 0 Å². The van der Waals surface area contributed by atoms with Gasteiger partial charge in [0.25, 0.3) is 0 Å². The van der Waals surface area contributed by atoms with Crippen LogP contribution in [-0.2, 0) is 16.1 Å². The van der Waals surface area contributed by atoms with Gasteiger partial charge in [-0.05, 0) is 19.1 Å². The van der Waals surface area contributed by atoms with E-state index in [1.165, 1.54) is 6.07 Å². The molecule has 0 aliphatic carbocycles. The molecule has 1 heterocycles. The van der Waals surface area contributed by atoms with Crippen molar-refractivity contribution < 1.29 is 13.9 Å². The Balaban J connectivity index is 2.23. The van der Waals surface area contributed by atoms with E-state index < -0.39 is 6.04 Å². The normalized spacial score (nSPS) is 18.9. The molecule has 0 spiro atoms. The molecule has 1 unspecified atom stereocenters. The molecule has 3 N–H and O–H groups in total. The first-order valence-electron chi connectivity index (χ1n) is 6.78. The summed E-state index contributed by atoms with van der Waals surface area (Å²) in [5, 5.41) is 2.78. The van der Waals surface area contributed by atoms with E-state index in [1.807, 2.05) is 11.8 Å². The standard InChI is InChI=1S/C14H20FN3O2/c1-2-17-14(19)13-9-20-6-5-18(13)11-4-3-10(8-16)12(15)7-11/h3-4,7,13H,2,5-6,8-9,16H2,1H3,(H,17,19). The van der Waals surface area contributed by atoms with Crippen molar-refractivity contribution in [2.75, 3.05) is 31.2 Å². The van der Waals surface area contributed by atoms with E-state index in [-0.39, 0.29) is 18.3 Å². The minimum Gasteiger partial charge on any atom is -0.377 e. The van der Waals surface area contributed by atoms with E-state index in [9.17, 15) is 9.18 Å². The van der Waals surface area contributed by atoms with Gasteiger partial charge in [0, 0.05) is 30.9 Å². The summed E-state index contributed by atoms with van der Waals surface area (Å²) in [4.78, 5) is 13.9. The smallest absolute Gasteiger partial charge is 0.245 e. The van der Waals surface area contributed by atoms with E-state index in [2.05, 4.69) is 5.32 Å². The molecule has 2 rings (SSSR count). The van der Waals surface area contributed by atoms with Crippen molar-refractivity contribution in [2.45, 2.75) is 19.5 Å². The first kappa shape index (κ1) is 14.7. The van der Waals surface area contributed by atoms with E-state index >= 15 is 0 Å². The molecular formula is C14H20FN3O2. The maximum atomic E-state index is 13.8. The Morgan fingerprint density at radius 1 is 1.60 bits per heavy atom. The molecule has 0 bridgehead atoms. The van der Waals surface area contributed by atoms with Crippen LogP contribution < -0.4 is 16.0 Å². The third-order valence-corrected chi connectivity index (χ3v) is 3.37. The summed E-state index contributed by atoms with van der Waals surface area (Å²) in [5.41, 5.74) is 6.61. The van der Waals surface area contributed by atoms with Gasteiger partial charge in [0.1, 0.15) is 11.9 Å². The zero-order chi connectivity index (χ0) is 14.5. The number of likely N-dealkylation sites (N-methyl/N-ethyl adjacent to an activating group) is 1. The predicted octanol–water partition coefficient (Wildman–Crippen LogP) is 0.626. The summed E-state index contributed by atoms with van der Waals surface area (Å²) < 4.78 is 19.2. The van der Waals surface area contributed by atoms with Crippen LogP contribution in [0.1, 0.15) is 12.5 Å². The number of hydrogen-bond acceptors (Lipinski definition) is 4. The van der Waals surface area contributed by atoms with Crippen molar-refractivity contribution >= 4 is 11.6 Å². The highest BCUT2D eigenvalue weighted by Gasteiger charge is 2.29. The molecule has 1 aromatic rings. The molecule has 20 heavy (non-hydrogen) atoms. The minimum atomic E-state index is -0.424. The average Bonchev–Trinajstić information content (AvgIpc) is 2.47. The van der Waals surface area contributed by atoms with Gasteiger partial charge in [-0.1, -0.05) is 6.07 Å². The van der Waals surface area contributed by atoms with Crippen molar-refractivity contribution in [3.05, 3.63) is 29.6 Å². The first-order valence-corrected chi connectivity index (χ1v) is 6.78. The number of anilines is 1. The minimum absolute atomic E-state index is 0.101. The van der Waals surface area contributed by atoms with Crippen LogP contribution in [0.4, 0.5) is 10.1 Å². The van der Waals surface area contributed by atoms with Gasteiger partial charge in [-0.25, -0.2) is 4.39 Å². The monoisotopic (exact) mass is 281 g/mol. The number of ether oxygens (including phenoxy) is 1. The van der Waals surface area contributed by atoms with E-state index in [4.69, 9.17) is 10.5 Å². The summed E-state index contributed by atoms with van der Waals surface area (Å²) in [6, 6.07) is 4.46. The van der Waals surface area contributed by atoms with Crippen LogP contribution in [0.25, 0.3) is 0 Å². The van der Waals surface area contributed by atoms with Crippen LogP contribution in [0.3, 0.4) is 0 Å². The summed E-state index contributed by atoms with van der Waals surface area (Å²) in [7, 11) is 0. The Kier molecular flexibility index (Phi) is 4.92. The molecule has 6 heteroatoms. The van der Waals surface area contributed by atoms with Gasteiger partial charge in [-0.2, -0.15) is 0 Å². The number of hydrogen-bond donors (Lipinski definition) is 2. The van der Waals surface area contributed by atoms with Crippen LogP contribution in [0.15, 0.2) is 18.2 Å². The first-order chi connectivity index (χ1) is 9.67. The Hall–Kier alpha value is -1.66. The van der Waals surface area contributed by atoms with Crippen molar-refractivity contribution in [3.63, 3.8) is 0 Å². The molecule has 0 saturated carbocycles. The fourth-order valence-corrected chi connectivity index (χ4v) is 2.30. The number of carbonyl (C=O) groups is 1. The van der Waals surface area contributed by atoms with Crippen LogP contribution in [0.5, 0.6) is 0 Å². The van der Waals surface area contributed by atoms with Gasteiger partial charge >= 0.3 is 0 Å². The number of benzene rings is 1. The number of halogens is 1. The van der Waals surface area contributed by atoms with Gasteiger partial charge in [0.05, 0.1) is 13.2 Å². The number of nitrogens with two attached hydrogens (primary N) is 1. The Labute approximate surface area is 117 Å². The van der Waals surface area contributed by atoms with Crippen molar-refractivity contribution in [1.29, 1.82) is 0 Å². The zero-order valence-electron chi connectivity index (χ0n) is 11.6. The molecule has 1 fully saturated rings. The summed E-state index contributed by atoms with van der Waals surface area (Å²) in [6.45, 7) is 3.98. The highest BCUT2D eigenvalue weighted by molar-refractivity contribution is 5.85. The fourth-order valence-electron chi connectivity index (χ4n) is 2.30. The van der Waals surface area contributed by atoms with Gasteiger partial charge in [-0.3, -0.25) is 4.79 Å². The maximum absolute atomic E-state index is 13.8. The number of amides is 1. The van der Waals surface area contributed by atoms with Gasteiger partial charge in [0.15, 0.2) is 0 Å². The van der Waals surface area contributed by atoms with Gasteiger partial charge in [-0.15, -0.1) is 0 Å². The molecule has 1 saturated heterocycles. The van der Waals surface area contributed by atoms with Crippen LogP contribution in [0, 0.1) is 5.82 Å². The molecule has 110 valence electrons. The number of morpholine rings is 1. The second kappa shape index (κ2) is 6.67. The molecule has 1 atom stereocenters. The number of carbonyl (C=O) groups excluding carboxylic acids is 1. The predicted molar refractivity (Wildman–Crippen MR) is 74.9 cm³/mol. The molecule has 1 aromatic carbocycles. The molecule has 5 nitrogen and oxygen atoms in total. The van der Waals surface area contributed by atoms with Crippen molar-refractivity contribution in [3.8, 4) is 0 Å². The molecule has 0 radical (unpaired) electrons. The lowest BCUT2D eigenvalue weighted by Crippen LogP contribution is -2.54. The highest BCUT2D eigenvalue weighted by Crippen LogP contribution is 2.22. The number of nitrogens with one attached hydrogen (secondary N) is 1. The molecule has 0 aromatic heterocycles. The van der Waals surface area contributed by atoms with Crippen molar-refractivity contribution in [2.24, 2.45) is 5.73 Å². The maximum Gasteiger partial charge on any atom is 0.245 e. The molecule has 1 aliphatic heterocycles. The lowest BCUT2D eigenvalue weighted by atomic mass is 10.1. The molecular weight excluding hydrogens is 261 g/mol. The molecule has 1 amide bonds. The number of rotatable bonds is 4. The van der Waals surface area contributed by atoms with Gasteiger partial charge < -0.3 is 20.7 Å².